The average Bonchev–Trinajstić information content (AvgIpc) is 2.60. The fraction of sp³-hybridized carbons (Fsp3) is 1.00. The van der Waals surface area contributed by atoms with E-state index < -0.39 is 22.6 Å². The number of aliphatic hydroxyl groups is 1. The fourth-order valence-corrected chi connectivity index (χ4v) is 3.77. The summed E-state index contributed by atoms with van der Waals surface area (Å²) in [6.07, 6.45) is 20.2. The Balaban J connectivity index is 3.19. The highest BCUT2D eigenvalue weighted by atomic mass is 32.2. The second-order valence-corrected chi connectivity index (χ2v) is 8.58. The van der Waals surface area contributed by atoms with Crippen molar-refractivity contribution in [1.82, 2.24) is 0 Å². The van der Waals surface area contributed by atoms with E-state index in [2.05, 4.69) is 6.92 Å². The van der Waals surface area contributed by atoms with Gasteiger partial charge < -0.3 is 14.4 Å². The first-order valence-corrected chi connectivity index (χ1v) is 12.2. The number of hydrogen-bond donors (Lipinski definition) is 2. The molecular weight excluding hydrogens is 348 g/mol. The lowest BCUT2D eigenvalue weighted by Crippen LogP contribution is -2.30. The largest absolute Gasteiger partial charge is 0.390 e. The maximum Gasteiger partial charge on any atom is 0.185 e. The van der Waals surface area contributed by atoms with E-state index in [1.54, 1.807) is 0 Å². The highest BCUT2D eigenvalue weighted by Gasteiger charge is 2.21. The summed E-state index contributed by atoms with van der Waals surface area (Å²) in [5.41, 5.74) is -0.980. The van der Waals surface area contributed by atoms with Crippen molar-refractivity contribution >= 4 is 11.1 Å². The maximum atomic E-state index is 11.0. The van der Waals surface area contributed by atoms with Crippen molar-refractivity contribution in [2.75, 3.05) is 6.61 Å². The second kappa shape index (κ2) is 19.8. The fourth-order valence-electron chi connectivity index (χ4n) is 3.22. The Kier molecular flexibility index (Phi) is 19.8. The quantitative estimate of drug-likeness (QED) is 0.191. The van der Waals surface area contributed by atoms with Gasteiger partial charge in [-0.3, -0.25) is 0 Å². The molecule has 0 aliphatic heterocycles. The molecule has 0 aromatic rings. The molecular formula is C21H44O4S. The van der Waals surface area contributed by atoms with Gasteiger partial charge in [0.05, 0.1) is 6.10 Å². The summed E-state index contributed by atoms with van der Waals surface area (Å²) in [6.45, 7) is 4.19. The predicted octanol–water partition coefficient (Wildman–Crippen LogP) is 6.19. The molecule has 0 saturated heterocycles. The van der Waals surface area contributed by atoms with E-state index in [1.165, 1.54) is 96.8 Å². The van der Waals surface area contributed by atoms with Gasteiger partial charge in [0, 0.05) is 6.61 Å². The monoisotopic (exact) mass is 392 g/mol. The average molecular weight is 393 g/mol. The Morgan fingerprint density at radius 3 is 1.38 bits per heavy atom. The molecule has 0 aromatic carbocycles. The van der Waals surface area contributed by atoms with Crippen molar-refractivity contribution in [3.63, 3.8) is 0 Å². The molecule has 0 aromatic heterocycles. The van der Waals surface area contributed by atoms with Crippen molar-refractivity contribution in [3.8, 4) is 0 Å². The van der Waals surface area contributed by atoms with E-state index in [4.69, 9.17) is 9.29 Å². The summed E-state index contributed by atoms with van der Waals surface area (Å²) >= 11 is -2.12. The van der Waals surface area contributed by atoms with Crippen molar-refractivity contribution in [1.29, 1.82) is 0 Å². The first-order valence-electron chi connectivity index (χ1n) is 11.0. The van der Waals surface area contributed by atoms with E-state index in [0.29, 0.717) is 6.61 Å². The topological polar surface area (TPSA) is 66.8 Å². The van der Waals surface area contributed by atoms with E-state index in [0.717, 1.165) is 12.8 Å². The standard InChI is InChI=1S/C21H44O4S/c1-3-4-5-6-7-8-9-10-11-12-13-14-15-16-17-18-19-25-21(20(2)22)26(23)24/h20-22H,3-19H2,1-2H3,(H,23,24). The molecule has 0 amide bonds. The molecule has 26 heavy (non-hydrogen) atoms. The molecule has 2 N–H and O–H groups in total. The molecule has 5 heteroatoms. The van der Waals surface area contributed by atoms with Gasteiger partial charge >= 0.3 is 0 Å². The van der Waals surface area contributed by atoms with Crippen LogP contribution in [0.5, 0.6) is 0 Å². The van der Waals surface area contributed by atoms with Crippen molar-refractivity contribution in [2.24, 2.45) is 0 Å². The molecule has 0 aliphatic rings. The number of ether oxygens (including phenoxy) is 1. The summed E-state index contributed by atoms with van der Waals surface area (Å²) in [5.74, 6) is 0. The van der Waals surface area contributed by atoms with Crippen LogP contribution in [-0.4, -0.2) is 32.0 Å². The first kappa shape index (κ1) is 26.0. The number of unbranched alkanes of at least 4 members (excludes halogenated alkanes) is 15. The van der Waals surface area contributed by atoms with Crippen LogP contribution in [-0.2, 0) is 15.8 Å². The summed E-state index contributed by atoms with van der Waals surface area (Å²) < 4.78 is 25.3. The zero-order chi connectivity index (χ0) is 19.5. The van der Waals surface area contributed by atoms with E-state index in [-0.39, 0.29) is 0 Å². The molecule has 0 fully saturated rings. The third kappa shape index (κ3) is 17.4. The number of aliphatic hydroxyl groups excluding tert-OH is 1. The van der Waals surface area contributed by atoms with Gasteiger partial charge in [-0.1, -0.05) is 103 Å². The summed E-state index contributed by atoms with van der Waals surface area (Å²) in [4.78, 5) is 0. The molecule has 3 atom stereocenters. The highest BCUT2D eigenvalue weighted by molar-refractivity contribution is 7.79. The SMILES string of the molecule is CCCCCCCCCCCCCCCCCCOC(C(C)O)S(=O)O. The molecule has 3 unspecified atom stereocenters. The molecule has 4 nitrogen and oxygen atoms in total. The van der Waals surface area contributed by atoms with Crippen molar-refractivity contribution in [3.05, 3.63) is 0 Å². The molecule has 0 radical (unpaired) electrons. The molecule has 0 rings (SSSR count). The predicted molar refractivity (Wildman–Crippen MR) is 112 cm³/mol. The van der Waals surface area contributed by atoms with Gasteiger partial charge in [0.15, 0.2) is 16.5 Å². The van der Waals surface area contributed by atoms with Crippen LogP contribution in [0.4, 0.5) is 0 Å². The molecule has 0 aliphatic carbocycles. The maximum absolute atomic E-state index is 11.0. The molecule has 0 bridgehead atoms. The summed E-state index contributed by atoms with van der Waals surface area (Å²) in [5, 5.41) is 9.34. The van der Waals surface area contributed by atoms with Crippen LogP contribution in [0.25, 0.3) is 0 Å². The lowest BCUT2D eigenvalue weighted by Gasteiger charge is -2.16. The molecule has 0 saturated carbocycles. The van der Waals surface area contributed by atoms with Crippen LogP contribution >= 0.6 is 0 Å². The lowest BCUT2D eigenvalue weighted by molar-refractivity contribution is 0.0155. The Labute approximate surface area is 164 Å². The lowest BCUT2D eigenvalue weighted by atomic mass is 10.0. The Morgan fingerprint density at radius 2 is 1.08 bits per heavy atom. The van der Waals surface area contributed by atoms with Gasteiger partial charge in [-0.2, -0.15) is 0 Å². The van der Waals surface area contributed by atoms with E-state index in [9.17, 15) is 9.32 Å². The van der Waals surface area contributed by atoms with Crippen LogP contribution in [0, 0.1) is 0 Å². The molecule has 0 heterocycles. The smallest absolute Gasteiger partial charge is 0.185 e. The third-order valence-electron chi connectivity index (χ3n) is 4.87. The third-order valence-corrected chi connectivity index (χ3v) is 5.80. The van der Waals surface area contributed by atoms with E-state index in [1.807, 2.05) is 0 Å². The van der Waals surface area contributed by atoms with Gasteiger partial charge in [-0.05, 0) is 13.3 Å². The Hall–Kier alpha value is 0.0300. The van der Waals surface area contributed by atoms with Crippen molar-refractivity contribution in [2.45, 2.75) is 128 Å². The van der Waals surface area contributed by atoms with Crippen LogP contribution in [0.1, 0.15) is 117 Å². The van der Waals surface area contributed by atoms with Crippen molar-refractivity contribution < 1.29 is 18.6 Å². The number of hydrogen-bond acceptors (Lipinski definition) is 3. The number of rotatable bonds is 20. The van der Waals surface area contributed by atoms with Gasteiger partial charge in [0.1, 0.15) is 0 Å². The zero-order valence-electron chi connectivity index (χ0n) is 17.3. The summed E-state index contributed by atoms with van der Waals surface area (Å²) in [7, 11) is 0. The minimum atomic E-state index is -2.12. The Morgan fingerprint density at radius 1 is 0.731 bits per heavy atom. The normalized spacial score (nSPS) is 15.1. The highest BCUT2D eigenvalue weighted by Crippen LogP contribution is 2.14. The van der Waals surface area contributed by atoms with Gasteiger partial charge in [0.2, 0.25) is 0 Å². The minimum absolute atomic E-state index is 0.445. The second-order valence-electron chi connectivity index (χ2n) is 7.56. The van der Waals surface area contributed by atoms with Gasteiger partial charge in [0.25, 0.3) is 0 Å². The van der Waals surface area contributed by atoms with Crippen LogP contribution in [0.2, 0.25) is 0 Å². The van der Waals surface area contributed by atoms with Gasteiger partial charge in [-0.15, -0.1) is 0 Å². The Bertz CT molecular complexity index is 310. The zero-order valence-corrected chi connectivity index (χ0v) is 18.1. The van der Waals surface area contributed by atoms with Crippen LogP contribution < -0.4 is 0 Å². The van der Waals surface area contributed by atoms with Crippen LogP contribution in [0.3, 0.4) is 0 Å². The van der Waals surface area contributed by atoms with Crippen LogP contribution in [0.15, 0.2) is 0 Å². The summed E-state index contributed by atoms with van der Waals surface area (Å²) in [6, 6.07) is 0. The van der Waals surface area contributed by atoms with Gasteiger partial charge in [-0.25, -0.2) is 4.21 Å². The molecule has 0 spiro atoms. The van der Waals surface area contributed by atoms with E-state index >= 15 is 0 Å². The minimum Gasteiger partial charge on any atom is -0.390 e. The first-order chi connectivity index (χ1) is 12.6. The molecule has 158 valence electrons.